The van der Waals surface area contributed by atoms with Gasteiger partial charge < -0.3 is 4.74 Å². The van der Waals surface area contributed by atoms with Crippen molar-refractivity contribution in [3.63, 3.8) is 0 Å². The molecule has 0 spiro atoms. The van der Waals surface area contributed by atoms with Gasteiger partial charge in [-0.15, -0.1) is 0 Å². The Morgan fingerprint density at radius 3 is 2.16 bits per heavy atom. The van der Waals surface area contributed by atoms with E-state index in [1.165, 1.54) is 29.6 Å². The van der Waals surface area contributed by atoms with Gasteiger partial charge in [-0.1, -0.05) is 25.0 Å². The van der Waals surface area contributed by atoms with E-state index in [1.807, 2.05) is 0 Å². The Kier molecular flexibility index (Phi) is 7.06. The Morgan fingerprint density at radius 1 is 0.938 bits per heavy atom. The molecule has 1 fully saturated rings. The molecule has 0 aromatic heterocycles. The smallest absolute Gasteiger partial charge is 0.417 e. The molecule has 0 atom stereocenters. The average molecular weight is 493 g/mol. The molecule has 1 aliphatic heterocycles. The molecular formula is C20H23F3N2O5S2. The van der Waals surface area contributed by atoms with Gasteiger partial charge in [-0.05, 0) is 43.2 Å². The molecule has 1 aliphatic rings. The van der Waals surface area contributed by atoms with Crippen molar-refractivity contribution in [2.24, 2.45) is 0 Å². The number of hydrogen-bond donors (Lipinski definition) is 1. The first kappa shape index (κ1) is 24.3. The standard InChI is InChI=1S/C20H23F3N2O5S2/c1-30-18-11-10-15(32(28,29)25-12-6-2-3-7-13-25)14-17(18)24-31(26,27)19-9-5-4-8-16(19)20(21,22)23/h4-5,8-11,14,24H,2-3,6-7,12-13H2,1H3. The molecular weight excluding hydrogens is 469 g/mol. The molecule has 0 amide bonds. The summed E-state index contributed by atoms with van der Waals surface area (Å²) in [5.74, 6) is -0.0344. The molecule has 0 radical (unpaired) electrons. The summed E-state index contributed by atoms with van der Waals surface area (Å²) in [4.78, 5) is -1.16. The van der Waals surface area contributed by atoms with Crippen LogP contribution in [0.5, 0.6) is 5.75 Å². The van der Waals surface area contributed by atoms with Crippen LogP contribution < -0.4 is 9.46 Å². The highest BCUT2D eigenvalue weighted by Crippen LogP contribution is 2.36. The molecule has 0 unspecified atom stereocenters. The maximum Gasteiger partial charge on any atom is 0.417 e. The lowest BCUT2D eigenvalue weighted by Gasteiger charge is -2.21. The van der Waals surface area contributed by atoms with Crippen LogP contribution in [0.3, 0.4) is 0 Å². The first-order valence-electron chi connectivity index (χ1n) is 9.84. The average Bonchev–Trinajstić information content (AvgIpc) is 3.03. The fourth-order valence-corrected chi connectivity index (χ4v) is 6.33. The third kappa shape index (κ3) is 5.18. The SMILES string of the molecule is COc1ccc(S(=O)(=O)N2CCCCCC2)cc1NS(=O)(=O)c1ccccc1C(F)(F)F. The molecule has 1 N–H and O–H groups in total. The summed E-state index contributed by atoms with van der Waals surface area (Å²) in [5.41, 5.74) is -1.61. The number of anilines is 1. The van der Waals surface area contributed by atoms with Crippen LogP contribution in [0.4, 0.5) is 18.9 Å². The largest absolute Gasteiger partial charge is 0.495 e. The maximum absolute atomic E-state index is 13.3. The third-order valence-electron chi connectivity index (χ3n) is 5.10. The third-order valence-corrected chi connectivity index (χ3v) is 8.42. The van der Waals surface area contributed by atoms with Crippen LogP contribution in [-0.4, -0.2) is 41.3 Å². The van der Waals surface area contributed by atoms with E-state index in [0.717, 1.165) is 31.0 Å². The monoisotopic (exact) mass is 492 g/mol. The van der Waals surface area contributed by atoms with E-state index in [0.29, 0.717) is 32.0 Å². The number of benzene rings is 2. The van der Waals surface area contributed by atoms with E-state index in [2.05, 4.69) is 4.72 Å². The van der Waals surface area contributed by atoms with Gasteiger partial charge >= 0.3 is 6.18 Å². The van der Waals surface area contributed by atoms with E-state index in [-0.39, 0.29) is 16.3 Å². The number of hydrogen-bond acceptors (Lipinski definition) is 5. The van der Waals surface area contributed by atoms with E-state index in [4.69, 9.17) is 4.74 Å². The van der Waals surface area contributed by atoms with E-state index >= 15 is 0 Å². The van der Waals surface area contributed by atoms with Crippen molar-refractivity contribution >= 4 is 25.7 Å². The highest BCUT2D eigenvalue weighted by molar-refractivity contribution is 7.92. The van der Waals surface area contributed by atoms with Gasteiger partial charge in [0, 0.05) is 13.1 Å². The summed E-state index contributed by atoms with van der Waals surface area (Å²) in [7, 11) is -7.40. The van der Waals surface area contributed by atoms with E-state index < -0.39 is 36.7 Å². The molecule has 0 aliphatic carbocycles. The number of methoxy groups -OCH3 is 1. The second-order valence-corrected chi connectivity index (χ2v) is 10.9. The van der Waals surface area contributed by atoms with Crippen molar-refractivity contribution in [3.05, 3.63) is 48.0 Å². The topological polar surface area (TPSA) is 92.8 Å². The lowest BCUT2D eigenvalue weighted by molar-refractivity contribution is -0.139. The second kappa shape index (κ2) is 9.28. The zero-order chi connectivity index (χ0) is 23.6. The molecule has 2 aromatic carbocycles. The lowest BCUT2D eigenvalue weighted by Crippen LogP contribution is -2.32. The predicted octanol–water partition coefficient (Wildman–Crippen LogP) is 4.08. The van der Waals surface area contributed by atoms with Crippen molar-refractivity contribution in [3.8, 4) is 5.75 Å². The van der Waals surface area contributed by atoms with Gasteiger partial charge in [0.2, 0.25) is 10.0 Å². The van der Waals surface area contributed by atoms with Gasteiger partial charge in [-0.25, -0.2) is 16.8 Å². The van der Waals surface area contributed by atoms with Crippen molar-refractivity contribution in [2.75, 3.05) is 24.9 Å². The molecule has 2 aromatic rings. The number of alkyl halides is 3. The maximum atomic E-state index is 13.3. The van der Waals surface area contributed by atoms with Crippen LogP contribution >= 0.6 is 0 Å². The predicted molar refractivity (Wildman–Crippen MR) is 112 cm³/mol. The molecule has 1 saturated heterocycles. The fourth-order valence-electron chi connectivity index (χ4n) is 3.49. The number of ether oxygens (including phenoxy) is 1. The van der Waals surface area contributed by atoms with Crippen LogP contribution in [-0.2, 0) is 26.2 Å². The first-order chi connectivity index (χ1) is 15.0. The van der Waals surface area contributed by atoms with Crippen LogP contribution in [0.2, 0.25) is 0 Å². The number of halogens is 3. The van der Waals surface area contributed by atoms with Crippen LogP contribution in [0.1, 0.15) is 31.2 Å². The molecule has 176 valence electrons. The van der Waals surface area contributed by atoms with Gasteiger partial charge in [-0.2, -0.15) is 17.5 Å². The van der Waals surface area contributed by atoms with Gasteiger partial charge in [0.15, 0.2) is 0 Å². The Balaban J connectivity index is 2.02. The molecule has 12 heteroatoms. The quantitative estimate of drug-likeness (QED) is 0.656. The van der Waals surface area contributed by atoms with Crippen LogP contribution in [0.25, 0.3) is 0 Å². The number of sulfonamides is 2. The highest BCUT2D eigenvalue weighted by Gasteiger charge is 2.37. The fraction of sp³-hybridized carbons (Fsp3) is 0.400. The van der Waals surface area contributed by atoms with Gasteiger partial charge in [-0.3, -0.25) is 4.72 Å². The summed E-state index contributed by atoms with van der Waals surface area (Å²) in [6, 6.07) is 7.34. The minimum Gasteiger partial charge on any atom is -0.495 e. The summed E-state index contributed by atoms with van der Waals surface area (Å²) >= 11 is 0. The highest BCUT2D eigenvalue weighted by atomic mass is 32.2. The zero-order valence-electron chi connectivity index (χ0n) is 17.2. The molecule has 7 nitrogen and oxygen atoms in total. The minimum absolute atomic E-state index is 0.0344. The Morgan fingerprint density at radius 2 is 1.56 bits per heavy atom. The van der Waals surface area contributed by atoms with Crippen LogP contribution in [0.15, 0.2) is 52.3 Å². The summed E-state index contributed by atoms with van der Waals surface area (Å²) in [6.45, 7) is 0.683. The Hall–Kier alpha value is -2.31. The van der Waals surface area contributed by atoms with Gasteiger partial charge in [0.25, 0.3) is 10.0 Å². The summed E-state index contributed by atoms with van der Waals surface area (Å²) in [6.07, 6.45) is -1.64. The molecule has 32 heavy (non-hydrogen) atoms. The van der Waals surface area contributed by atoms with Gasteiger partial charge in [0.05, 0.1) is 28.2 Å². The molecule has 3 rings (SSSR count). The normalized spacial score (nSPS) is 16.4. The van der Waals surface area contributed by atoms with Crippen molar-refractivity contribution < 1.29 is 34.7 Å². The van der Waals surface area contributed by atoms with Gasteiger partial charge in [0.1, 0.15) is 5.75 Å². The minimum atomic E-state index is -4.90. The zero-order valence-corrected chi connectivity index (χ0v) is 18.9. The van der Waals surface area contributed by atoms with Crippen molar-refractivity contribution in [1.29, 1.82) is 0 Å². The van der Waals surface area contributed by atoms with E-state index in [1.54, 1.807) is 0 Å². The molecule has 0 saturated carbocycles. The molecule has 0 bridgehead atoms. The Bertz CT molecular complexity index is 1170. The lowest BCUT2D eigenvalue weighted by atomic mass is 10.2. The number of nitrogens with zero attached hydrogens (tertiary/aromatic N) is 1. The summed E-state index contributed by atoms with van der Waals surface area (Å²) < 4.78 is 100. The van der Waals surface area contributed by atoms with Crippen molar-refractivity contribution in [2.45, 2.75) is 41.7 Å². The Labute approximate surface area is 185 Å². The second-order valence-electron chi connectivity index (χ2n) is 7.28. The first-order valence-corrected chi connectivity index (χ1v) is 12.8. The summed E-state index contributed by atoms with van der Waals surface area (Å²) in [5, 5.41) is 0. The number of nitrogens with one attached hydrogen (secondary N) is 1. The van der Waals surface area contributed by atoms with E-state index in [9.17, 15) is 30.0 Å². The number of rotatable bonds is 6. The van der Waals surface area contributed by atoms with Crippen molar-refractivity contribution in [1.82, 2.24) is 4.31 Å². The van der Waals surface area contributed by atoms with Crippen LogP contribution in [0, 0.1) is 0 Å². The molecule has 1 heterocycles.